The van der Waals surface area contributed by atoms with Crippen molar-refractivity contribution in [2.75, 3.05) is 39.9 Å². The molecule has 1 amide bonds. The number of hydrogen-bond acceptors (Lipinski definition) is 4. The van der Waals surface area contributed by atoms with E-state index in [2.05, 4.69) is 20.9 Å². The zero-order valence-corrected chi connectivity index (χ0v) is 18.5. The van der Waals surface area contributed by atoms with E-state index in [4.69, 9.17) is 4.74 Å². The topological polar surface area (TPSA) is 68.5 Å². The van der Waals surface area contributed by atoms with Gasteiger partial charge in [-0.3, -0.25) is 9.59 Å². The largest absolute Gasteiger partial charge is 0.383 e. The van der Waals surface area contributed by atoms with Crippen LogP contribution in [-0.4, -0.2) is 59.8 Å². The number of methoxy groups -OCH3 is 1. The molecule has 1 N–H and O–H groups in total. The summed E-state index contributed by atoms with van der Waals surface area (Å²) in [6, 6.07) is 13.5. The van der Waals surface area contributed by atoms with Gasteiger partial charge in [-0.2, -0.15) is 0 Å². The molecular formula is C25H30N4O3. The lowest BCUT2D eigenvalue weighted by Gasteiger charge is -2.42. The van der Waals surface area contributed by atoms with Gasteiger partial charge in [-0.25, -0.2) is 0 Å². The third-order valence-electron chi connectivity index (χ3n) is 6.86. The van der Waals surface area contributed by atoms with E-state index in [9.17, 15) is 9.59 Å². The summed E-state index contributed by atoms with van der Waals surface area (Å²) < 4.78 is 9.26. The van der Waals surface area contributed by atoms with E-state index in [1.807, 2.05) is 41.1 Å². The highest BCUT2D eigenvalue weighted by Gasteiger charge is 2.34. The van der Waals surface area contributed by atoms with Gasteiger partial charge in [0.05, 0.1) is 6.61 Å². The molecule has 168 valence electrons. The minimum atomic E-state index is -0.0332. The third-order valence-corrected chi connectivity index (χ3v) is 6.86. The number of nitrogens with zero attached hydrogens (tertiary/aromatic N) is 3. The second-order valence-electron chi connectivity index (χ2n) is 8.95. The van der Waals surface area contributed by atoms with E-state index < -0.39 is 0 Å². The highest BCUT2D eigenvalue weighted by atomic mass is 16.5. The highest BCUT2D eigenvalue weighted by Crippen LogP contribution is 2.34. The molecular weight excluding hydrogens is 404 g/mol. The Morgan fingerprint density at radius 1 is 1.09 bits per heavy atom. The third kappa shape index (κ3) is 3.98. The van der Waals surface area contributed by atoms with Crippen molar-refractivity contribution < 1.29 is 9.53 Å². The van der Waals surface area contributed by atoms with Gasteiger partial charge < -0.3 is 24.1 Å². The Balaban J connectivity index is 1.21. The Labute approximate surface area is 187 Å². The maximum absolute atomic E-state index is 12.9. The number of nitrogens with one attached hydrogen (secondary N) is 1. The van der Waals surface area contributed by atoms with Crippen molar-refractivity contribution in [2.45, 2.75) is 25.4 Å². The van der Waals surface area contributed by atoms with Gasteiger partial charge in [0.2, 0.25) is 0 Å². The fourth-order valence-corrected chi connectivity index (χ4v) is 5.41. The Morgan fingerprint density at radius 3 is 2.84 bits per heavy atom. The van der Waals surface area contributed by atoms with E-state index in [0.717, 1.165) is 55.7 Å². The molecule has 7 heteroatoms. The van der Waals surface area contributed by atoms with Crippen molar-refractivity contribution in [1.29, 1.82) is 0 Å². The molecule has 2 aromatic heterocycles. The van der Waals surface area contributed by atoms with Crippen molar-refractivity contribution in [3.05, 3.63) is 70.3 Å². The van der Waals surface area contributed by atoms with Crippen LogP contribution in [0.4, 0.5) is 0 Å². The molecule has 1 saturated heterocycles. The van der Waals surface area contributed by atoms with Crippen LogP contribution >= 0.6 is 0 Å². The van der Waals surface area contributed by atoms with Gasteiger partial charge in [0, 0.05) is 86.7 Å². The summed E-state index contributed by atoms with van der Waals surface area (Å²) in [5, 5.41) is 4.08. The molecule has 1 aromatic carbocycles. The van der Waals surface area contributed by atoms with Crippen molar-refractivity contribution in [1.82, 2.24) is 19.4 Å². The first-order valence-corrected chi connectivity index (χ1v) is 11.4. The molecule has 3 aromatic rings. The van der Waals surface area contributed by atoms with Crippen LogP contribution in [-0.2, 0) is 17.8 Å². The van der Waals surface area contributed by atoms with Crippen molar-refractivity contribution in [3.63, 3.8) is 0 Å². The number of amides is 1. The molecule has 2 aliphatic rings. The van der Waals surface area contributed by atoms with Crippen molar-refractivity contribution >= 4 is 16.8 Å². The lowest BCUT2D eigenvalue weighted by atomic mass is 9.83. The van der Waals surface area contributed by atoms with Crippen LogP contribution in [0.25, 0.3) is 10.9 Å². The first-order chi connectivity index (χ1) is 15.6. The Bertz CT molecular complexity index is 1180. The highest BCUT2D eigenvalue weighted by molar-refractivity contribution is 6.06. The summed E-state index contributed by atoms with van der Waals surface area (Å²) in [6.07, 6.45) is 3.16. The van der Waals surface area contributed by atoms with Crippen LogP contribution < -0.4 is 10.9 Å². The Morgan fingerprint density at radius 2 is 1.97 bits per heavy atom. The van der Waals surface area contributed by atoms with Crippen LogP contribution in [0.2, 0.25) is 0 Å². The molecule has 0 saturated carbocycles. The first kappa shape index (κ1) is 21.0. The predicted octanol–water partition coefficient (Wildman–Crippen LogP) is 2.30. The molecule has 0 radical (unpaired) electrons. The number of likely N-dealkylation sites (tertiary alicyclic amines) is 1. The monoisotopic (exact) mass is 434 g/mol. The van der Waals surface area contributed by atoms with Gasteiger partial charge in [0.15, 0.2) is 0 Å². The van der Waals surface area contributed by atoms with Crippen molar-refractivity contribution in [2.24, 2.45) is 5.92 Å². The molecule has 1 fully saturated rings. The van der Waals surface area contributed by atoms with Crippen LogP contribution in [0.3, 0.4) is 0 Å². The number of piperidine rings is 1. The predicted molar refractivity (Wildman–Crippen MR) is 124 cm³/mol. The van der Waals surface area contributed by atoms with Crippen LogP contribution in [0.15, 0.2) is 53.5 Å². The first-order valence-electron chi connectivity index (χ1n) is 11.4. The number of ether oxygens (including phenoxy) is 1. The molecule has 2 aliphatic heterocycles. The van der Waals surface area contributed by atoms with E-state index >= 15 is 0 Å². The Hall–Kier alpha value is -2.90. The lowest BCUT2D eigenvalue weighted by molar-refractivity contribution is 0.0929. The summed E-state index contributed by atoms with van der Waals surface area (Å²) >= 11 is 0. The summed E-state index contributed by atoms with van der Waals surface area (Å²) in [4.78, 5) is 27.6. The molecule has 5 rings (SSSR count). The average Bonchev–Trinajstić information content (AvgIpc) is 3.21. The van der Waals surface area contributed by atoms with E-state index in [-0.39, 0.29) is 11.5 Å². The molecule has 0 aliphatic carbocycles. The molecule has 7 nitrogen and oxygen atoms in total. The lowest BCUT2D eigenvalue weighted by Crippen LogP contribution is -2.48. The van der Waals surface area contributed by atoms with Crippen LogP contribution in [0, 0.1) is 5.92 Å². The zero-order valence-electron chi connectivity index (χ0n) is 18.5. The van der Waals surface area contributed by atoms with E-state index in [1.165, 1.54) is 0 Å². The zero-order chi connectivity index (χ0) is 22.1. The van der Waals surface area contributed by atoms with Gasteiger partial charge >= 0.3 is 0 Å². The smallest absolute Gasteiger partial charge is 0.252 e. The summed E-state index contributed by atoms with van der Waals surface area (Å²) in [6.45, 7) is 5.55. The second kappa shape index (κ2) is 8.92. The molecule has 4 heterocycles. The Kier molecular flexibility index (Phi) is 5.85. The number of rotatable bonds is 7. The number of carbonyl (C=O) groups is 1. The number of aromatic nitrogens is 2. The fraction of sp³-hybridized carbons (Fsp3) is 0.440. The van der Waals surface area contributed by atoms with Crippen LogP contribution in [0.5, 0.6) is 0 Å². The minimum Gasteiger partial charge on any atom is -0.383 e. The van der Waals surface area contributed by atoms with Gasteiger partial charge in [0.1, 0.15) is 0 Å². The maximum atomic E-state index is 12.9. The SMILES string of the molecule is COCCn1ccc2c(C(=O)NCCN3CC4CC(C3)c3cccc(=O)n3C4)cccc21. The summed E-state index contributed by atoms with van der Waals surface area (Å²) in [5.41, 5.74) is 3.03. The molecule has 2 atom stereocenters. The summed E-state index contributed by atoms with van der Waals surface area (Å²) in [5.74, 6) is 0.861. The minimum absolute atomic E-state index is 0.0332. The normalized spacial score (nSPS) is 20.3. The number of benzene rings is 1. The number of fused-ring (bicyclic) bond motifs is 5. The van der Waals surface area contributed by atoms with E-state index in [1.54, 1.807) is 13.2 Å². The molecule has 2 unspecified atom stereocenters. The fourth-order valence-electron chi connectivity index (χ4n) is 5.41. The number of pyridine rings is 1. The van der Waals surface area contributed by atoms with Gasteiger partial charge in [-0.15, -0.1) is 0 Å². The van der Waals surface area contributed by atoms with Crippen molar-refractivity contribution in [3.8, 4) is 0 Å². The number of hydrogen-bond donors (Lipinski definition) is 1. The molecule has 0 spiro atoms. The van der Waals surface area contributed by atoms with Gasteiger partial charge in [-0.05, 0) is 36.6 Å². The second-order valence-corrected chi connectivity index (χ2v) is 8.95. The van der Waals surface area contributed by atoms with E-state index in [0.29, 0.717) is 30.6 Å². The molecule has 32 heavy (non-hydrogen) atoms. The average molecular weight is 435 g/mol. The van der Waals surface area contributed by atoms with Gasteiger partial charge in [0.25, 0.3) is 11.5 Å². The summed E-state index contributed by atoms with van der Waals surface area (Å²) in [7, 11) is 1.69. The maximum Gasteiger partial charge on any atom is 0.252 e. The quantitative estimate of drug-likeness (QED) is 0.620. The van der Waals surface area contributed by atoms with Gasteiger partial charge in [-0.1, -0.05) is 12.1 Å². The number of carbonyl (C=O) groups excluding carboxylic acids is 1. The standard InChI is InChI=1S/C25H30N4O3/c1-32-13-12-28-10-8-20-21(4-2-6-23(20)28)25(31)26-9-11-27-15-18-14-19(17-27)22-5-3-7-24(30)29(22)16-18/h2-8,10,18-19H,9,11-17H2,1H3,(H,26,31). The van der Waals surface area contributed by atoms with Crippen LogP contribution in [0.1, 0.15) is 28.4 Å². The molecule has 2 bridgehead atoms.